The third-order valence-electron chi connectivity index (χ3n) is 2.61. The van der Waals surface area contributed by atoms with Crippen molar-refractivity contribution in [1.29, 1.82) is 0 Å². The summed E-state index contributed by atoms with van der Waals surface area (Å²) in [7, 11) is 0. The minimum absolute atomic E-state index is 0.0331. The van der Waals surface area contributed by atoms with Gasteiger partial charge < -0.3 is 9.47 Å². The topological polar surface area (TPSA) is 18.5 Å². The van der Waals surface area contributed by atoms with E-state index in [1.54, 1.807) is 6.92 Å². The molecule has 0 spiro atoms. The first kappa shape index (κ1) is 13.4. The number of halogens is 4. The summed E-state index contributed by atoms with van der Waals surface area (Å²) in [6, 6.07) is 2.56. The Labute approximate surface area is 114 Å². The van der Waals surface area contributed by atoms with Crippen LogP contribution in [0.4, 0.5) is 4.39 Å². The molecule has 2 atom stereocenters. The van der Waals surface area contributed by atoms with Crippen molar-refractivity contribution >= 4 is 34.8 Å². The molecule has 6 heteroatoms. The number of ether oxygens (including phenoxy) is 2. The summed E-state index contributed by atoms with van der Waals surface area (Å²) in [5.74, 6) is -1.33. The van der Waals surface area contributed by atoms with E-state index in [2.05, 4.69) is 0 Å². The lowest BCUT2D eigenvalue weighted by atomic mass is 10.1. The highest BCUT2D eigenvalue weighted by molar-refractivity contribution is 6.35. The monoisotopic (exact) mass is 298 g/mol. The smallest absolute Gasteiger partial charge is 0.194 e. The largest absolute Gasteiger partial charge is 0.343 e. The molecule has 2 nitrogen and oxygen atoms in total. The molecule has 1 aliphatic heterocycles. The van der Waals surface area contributed by atoms with Gasteiger partial charge in [-0.2, -0.15) is 0 Å². The quantitative estimate of drug-likeness (QED) is 0.608. The zero-order chi connectivity index (χ0) is 12.6. The van der Waals surface area contributed by atoms with Crippen molar-refractivity contribution in [2.75, 3.05) is 12.5 Å². The van der Waals surface area contributed by atoms with Crippen LogP contribution in [0.5, 0.6) is 0 Å². The first-order chi connectivity index (χ1) is 7.96. The average Bonchev–Trinajstić information content (AvgIpc) is 2.66. The van der Waals surface area contributed by atoms with E-state index >= 15 is 0 Å². The van der Waals surface area contributed by atoms with Crippen LogP contribution in [0.2, 0.25) is 10.0 Å². The fraction of sp³-hybridized carbons (Fsp3) is 0.455. The van der Waals surface area contributed by atoms with Gasteiger partial charge in [-0.25, -0.2) is 4.39 Å². The van der Waals surface area contributed by atoms with Gasteiger partial charge in [-0.05, 0) is 19.1 Å². The van der Waals surface area contributed by atoms with Crippen molar-refractivity contribution in [2.45, 2.75) is 18.8 Å². The lowest BCUT2D eigenvalue weighted by molar-refractivity contribution is -0.159. The van der Waals surface area contributed by atoms with Gasteiger partial charge in [0.05, 0.1) is 28.6 Å². The summed E-state index contributed by atoms with van der Waals surface area (Å²) in [6.07, 6.45) is -0.225. The zero-order valence-corrected chi connectivity index (χ0v) is 11.2. The first-order valence-corrected chi connectivity index (χ1v) is 6.28. The van der Waals surface area contributed by atoms with Gasteiger partial charge in [-0.15, -0.1) is 11.6 Å². The van der Waals surface area contributed by atoms with Crippen LogP contribution >= 0.6 is 34.8 Å². The van der Waals surface area contributed by atoms with E-state index in [1.807, 2.05) is 0 Å². The Hall–Kier alpha value is -0.0600. The molecule has 0 N–H and O–H groups in total. The number of alkyl halides is 1. The summed E-state index contributed by atoms with van der Waals surface area (Å²) >= 11 is 17.3. The van der Waals surface area contributed by atoms with Gasteiger partial charge in [-0.1, -0.05) is 23.2 Å². The molecule has 0 saturated carbocycles. The van der Waals surface area contributed by atoms with Gasteiger partial charge in [-0.3, -0.25) is 0 Å². The molecule has 0 amide bonds. The van der Waals surface area contributed by atoms with Crippen LogP contribution in [0.25, 0.3) is 0 Å². The third-order valence-corrected chi connectivity index (χ3v) is 3.55. The molecule has 0 aliphatic carbocycles. The molecule has 1 saturated heterocycles. The highest BCUT2D eigenvalue weighted by atomic mass is 35.5. The molecule has 1 aromatic rings. The van der Waals surface area contributed by atoms with E-state index in [-0.39, 0.29) is 11.1 Å². The van der Waals surface area contributed by atoms with Crippen LogP contribution in [-0.4, -0.2) is 18.6 Å². The molecular formula is C11H10Cl3FO2. The van der Waals surface area contributed by atoms with Crippen LogP contribution in [0.15, 0.2) is 12.1 Å². The Morgan fingerprint density at radius 1 is 1.41 bits per heavy atom. The van der Waals surface area contributed by atoms with E-state index in [0.29, 0.717) is 23.1 Å². The van der Waals surface area contributed by atoms with Gasteiger partial charge in [0.2, 0.25) is 0 Å². The lowest BCUT2D eigenvalue weighted by Gasteiger charge is -2.24. The van der Waals surface area contributed by atoms with Crippen molar-refractivity contribution in [1.82, 2.24) is 0 Å². The lowest BCUT2D eigenvalue weighted by Crippen LogP contribution is -2.25. The van der Waals surface area contributed by atoms with Crippen LogP contribution in [0.1, 0.15) is 12.5 Å². The van der Waals surface area contributed by atoms with Crippen molar-refractivity contribution in [3.05, 3.63) is 33.6 Å². The predicted octanol–water partition coefficient (Wildman–Crippen LogP) is 3.96. The van der Waals surface area contributed by atoms with Crippen molar-refractivity contribution < 1.29 is 13.9 Å². The van der Waals surface area contributed by atoms with Crippen LogP contribution in [-0.2, 0) is 15.3 Å². The second-order valence-electron chi connectivity index (χ2n) is 3.90. The van der Waals surface area contributed by atoms with Crippen LogP contribution in [0, 0.1) is 5.82 Å². The Morgan fingerprint density at radius 3 is 2.71 bits per heavy atom. The Bertz CT molecular complexity index is 441. The summed E-state index contributed by atoms with van der Waals surface area (Å²) < 4.78 is 24.6. The summed E-state index contributed by atoms with van der Waals surface area (Å²) in [5, 5.41) is 0.267. The van der Waals surface area contributed by atoms with Gasteiger partial charge >= 0.3 is 0 Å². The number of hydrogen-bond acceptors (Lipinski definition) is 2. The zero-order valence-electron chi connectivity index (χ0n) is 8.97. The van der Waals surface area contributed by atoms with E-state index < -0.39 is 11.6 Å². The molecular weight excluding hydrogens is 289 g/mol. The van der Waals surface area contributed by atoms with Crippen molar-refractivity contribution in [3.8, 4) is 0 Å². The molecule has 0 radical (unpaired) electrons. The van der Waals surface area contributed by atoms with Gasteiger partial charge in [0, 0.05) is 5.56 Å². The molecule has 2 unspecified atom stereocenters. The molecule has 2 rings (SSSR count). The fourth-order valence-corrected chi connectivity index (χ4v) is 2.43. The summed E-state index contributed by atoms with van der Waals surface area (Å²) in [4.78, 5) is 0. The maximum absolute atomic E-state index is 13.4. The number of hydrogen-bond donors (Lipinski definition) is 0. The molecule has 1 heterocycles. The molecule has 94 valence electrons. The predicted molar refractivity (Wildman–Crippen MR) is 65.3 cm³/mol. The normalized spacial score (nSPS) is 28.6. The van der Waals surface area contributed by atoms with Crippen LogP contribution < -0.4 is 0 Å². The van der Waals surface area contributed by atoms with Gasteiger partial charge in [0.15, 0.2) is 5.79 Å². The Balaban J connectivity index is 2.37. The minimum atomic E-state index is -1.08. The fourth-order valence-electron chi connectivity index (χ4n) is 1.73. The molecule has 0 aromatic heterocycles. The average molecular weight is 300 g/mol. The SMILES string of the molecule is CC1(c2cc(F)c(Cl)cc2Cl)OCC(CCl)O1. The van der Waals surface area contributed by atoms with E-state index in [0.717, 1.165) is 0 Å². The minimum Gasteiger partial charge on any atom is -0.343 e. The van der Waals surface area contributed by atoms with Crippen molar-refractivity contribution in [2.24, 2.45) is 0 Å². The maximum atomic E-state index is 13.4. The molecule has 1 aliphatic rings. The van der Waals surface area contributed by atoms with Crippen molar-refractivity contribution in [3.63, 3.8) is 0 Å². The third kappa shape index (κ3) is 2.54. The van der Waals surface area contributed by atoms with Gasteiger partial charge in [0.1, 0.15) is 5.82 Å². The summed E-state index contributed by atoms with van der Waals surface area (Å²) in [5.41, 5.74) is 0.411. The molecule has 0 bridgehead atoms. The van der Waals surface area contributed by atoms with E-state index in [9.17, 15) is 4.39 Å². The highest BCUT2D eigenvalue weighted by Crippen LogP contribution is 2.39. The van der Waals surface area contributed by atoms with E-state index in [1.165, 1.54) is 12.1 Å². The number of benzene rings is 1. The Morgan fingerprint density at radius 2 is 2.12 bits per heavy atom. The second-order valence-corrected chi connectivity index (χ2v) is 5.02. The summed E-state index contributed by atoms with van der Waals surface area (Å²) in [6.45, 7) is 2.02. The first-order valence-electron chi connectivity index (χ1n) is 4.99. The standard InChI is InChI=1S/C11H10Cl3FO2/c1-11(16-5-6(4-12)17-11)7-2-10(15)9(14)3-8(7)13/h2-3,6H,4-5H2,1H3. The van der Waals surface area contributed by atoms with Crippen LogP contribution in [0.3, 0.4) is 0 Å². The van der Waals surface area contributed by atoms with Gasteiger partial charge in [0.25, 0.3) is 0 Å². The number of rotatable bonds is 2. The molecule has 1 fully saturated rings. The Kier molecular flexibility index (Phi) is 3.86. The molecule has 1 aromatic carbocycles. The second kappa shape index (κ2) is 4.90. The maximum Gasteiger partial charge on any atom is 0.194 e. The highest BCUT2D eigenvalue weighted by Gasteiger charge is 2.40. The molecule has 17 heavy (non-hydrogen) atoms. The van der Waals surface area contributed by atoms with E-state index in [4.69, 9.17) is 44.3 Å².